The Balaban J connectivity index is 1.44. The van der Waals surface area contributed by atoms with Crippen LogP contribution < -0.4 is 10.2 Å². The molecule has 0 radical (unpaired) electrons. The molecule has 1 aromatic carbocycles. The summed E-state index contributed by atoms with van der Waals surface area (Å²) in [7, 11) is -3.04. The fraction of sp³-hybridized carbons (Fsp3) is 0.385. The van der Waals surface area contributed by atoms with Crippen LogP contribution >= 0.6 is 0 Å². The Labute approximate surface area is 219 Å². The minimum Gasteiger partial charge on any atom is -0.368 e. The Hall–Kier alpha value is -3.67. The number of benzene rings is 1. The topological polar surface area (TPSA) is 106 Å². The maximum Gasteiger partial charge on any atom is 0.333 e. The largest absolute Gasteiger partial charge is 0.368 e. The van der Waals surface area contributed by atoms with E-state index in [0.29, 0.717) is 28.4 Å². The van der Waals surface area contributed by atoms with E-state index in [-0.39, 0.29) is 29.5 Å². The Morgan fingerprint density at radius 3 is 2.55 bits per heavy atom. The highest BCUT2D eigenvalue weighted by atomic mass is 32.2. The summed E-state index contributed by atoms with van der Waals surface area (Å²) < 4.78 is 49.9. The molecule has 1 aliphatic heterocycles. The predicted octanol–water partition coefficient (Wildman–Crippen LogP) is 5.02. The Bertz CT molecular complexity index is 1590. The van der Waals surface area contributed by atoms with E-state index in [1.807, 2.05) is 12.3 Å². The highest BCUT2D eigenvalue weighted by Crippen LogP contribution is 2.39. The Morgan fingerprint density at radius 2 is 1.89 bits per heavy atom. The standard InChI is InChI=1S/C26H29F2N7O2S/c1-15(2)19-5-6-22(34-12-18(16(34)3)14-38(4,36)37)21-11-30-24(9-20(19)21)32-23-7-8-29-25(33-23)17-10-31-35(13-17)26(27)28/h5-11,13,15-16,18,26H,12,14H2,1-4H3,(H,29,30,32,33)/t16-,18-/m1/s1. The van der Waals surface area contributed by atoms with Crippen molar-refractivity contribution in [2.75, 3.05) is 28.8 Å². The van der Waals surface area contributed by atoms with Gasteiger partial charge in [-0.1, -0.05) is 19.9 Å². The van der Waals surface area contributed by atoms with Crippen molar-refractivity contribution in [3.63, 3.8) is 0 Å². The molecule has 200 valence electrons. The highest BCUT2D eigenvalue weighted by molar-refractivity contribution is 7.90. The molecule has 4 heterocycles. The first kappa shape index (κ1) is 26.0. The summed E-state index contributed by atoms with van der Waals surface area (Å²) in [6.45, 7) is 4.26. The van der Waals surface area contributed by atoms with Crippen molar-refractivity contribution in [2.24, 2.45) is 5.92 Å². The van der Waals surface area contributed by atoms with Crippen molar-refractivity contribution in [3.05, 3.63) is 54.6 Å². The third-order valence-electron chi connectivity index (χ3n) is 6.94. The van der Waals surface area contributed by atoms with E-state index in [2.05, 4.69) is 63.2 Å². The number of fused-ring (bicyclic) bond motifs is 1. The van der Waals surface area contributed by atoms with Gasteiger partial charge in [-0.2, -0.15) is 13.9 Å². The molecule has 1 saturated heterocycles. The third-order valence-corrected chi connectivity index (χ3v) is 7.97. The van der Waals surface area contributed by atoms with E-state index in [1.54, 1.807) is 12.3 Å². The van der Waals surface area contributed by atoms with Crippen LogP contribution in [-0.2, 0) is 9.84 Å². The molecule has 38 heavy (non-hydrogen) atoms. The van der Waals surface area contributed by atoms with E-state index in [4.69, 9.17) is 0 Å². The molecule has 0 aliphatic carbocycles. The molecule has 2 atom stereocenters. The van der Waals surface area contributed by atoms with Gasteiger partial charge in [0.1, 0.15) is 21.5 Å². The van der Waals surface area contributed by atoms with Gasteiger partial charge >= 0.3 is 6.55 Å². The molecule has 5 rings (SSSR count). The summed E-state index contributed by atoms with van der Waals surface area (Å²) in [4.78, 5) is 15.5. The van der Waals surface area contributed by atoms with Crippen LogP contribution in [0.15, 0.2) is 49.1 Å². The lowest BCUT2D eigenvalue weighted by atomic mass is 9.88. The number of alkyl halides is 2. The van der Waals surface area contributed by atoms with Crippen LogP contribution in [-0.4, -0.2) is 57.7 Å². The zero-order chi connectivity index (χ0) is 27.2. The Morgan fingerprint density at radius 1 is 1.11 bits per heavy atom. The monoisotopic (exact) mass is 541 g/mol. The van der Waals surface area contributed by atoms with Crippen molar-refractivity contribution in [1.82, 2.24) is 24.7 Å². The molecule has 0 saturated carbocycles. The first-order valence-corrected chi connectivity index (χ1v) is 14.4. The number of rotatable bonds is 8. The summed E-state index contributed by atoms with van der Waals surface area (Å²) in [5, 5.41) is 8.89. The van der Waals surface area contributed by atoms with E-state index in [0.717, 1.165) is 22.0 Å². The molecule has 3 aromatic heterocycles. The molecule has 1 aliphatic rings. The van der Waals surface area contributed by atoms with Crippen molar-refractivity contribution >= 4 is 37.9 Å². The second-order valence-electron chi connectivity index (χ2n) is 10.1. The molecule has 0 amide bonds. The molecule has 0 spiro atoms. The number of hydrogen-bond acceptors (Lipinski definition) is 8. The average Bonchev–Trinajstić information content (AvgIpc) is 3.36. The second kappa shape index (κ2) is 9.90. The van der Waals surface area contributed by atoms with Crippen LogP contribution in [0.4, 0.5) is 26.1 Å². The molecule has 0 unspecified atom stereocenters. The van der Waals surface area contributed by atoms with Gasteiger partial charge in [-0.3, -0.25) is 0 Å². The molecule has 1 fully saturated rings. The maximum atomic E-state index is 12.9. The van der Waals surface area contributed by atoms with Crippen LogP contribution in [0.5, 0.6) is 0 Å². The van der Waals surface area contributed by atoms with Crippen molar-refractivity contribution < 1.29 is 17.2 Å². The summed E-state index contributed by atoms with van der Waals surface area (Å²) >= 11 is 0. The normalized spacial score (nSPS) is 17.8. The number of nitrogens with zero attached hydrogens (tertiary/aromatic N) is 6. The van der Waals surface area contributed by atoms with E-state index in [9.17, 15) is 17.2 Å². The lowest BCUT2D eigenvalue weighted by Crippen LogP contribution is -2.57. The van der Waals surface area contributed by atoms with Crippen molar-refractivity contribution in [2.45, 2.75) is 39.3 Å². The van der Waals surface area contributed by atoms with Gasteiger partial charge in [0.25, 0.3) is 0 Å². The number of nitrogens with one attached hydrogen (secondary N) is 1. The molecule has 12 heteroatoms. The van der Waals surface area contributed by atoms with Crippen LogP contribution in [0.1, 0.15) is 38.8 Å². The van der Waals surface area contributed by atoms with Gasteiger partial charge in [-0.15, -0.1) is 0 Å². The molecular weight excluding hydrogens is 512 g/mol. The van der Waals surface area contributed by atoms with Crippen LogP contribution in [0.25, 0.3) is 22.2 Å². The summed E-state index contributed by atoms with van der Waals surface area (Å²) in [5.74, 6) is 1.86. The van der Waals surface area contributed by atoms with Gasteiger partial charge in [0, 0.05) is 54.4 Å². The Kier molecular flexibility index (Phi) is 6.76. The minimum atomic E-state index is -3.04. The predicted molar refractivity (Wildman–Crippen MR) is 144 cm³/mol. The molecule has 1 N–H and O–H groups in total. The third kappa shape index (κ3) is 5.17. The van der Waals surface area contributed by atoms with Gasteiger partial charge in [0.15, 0.2) is 5.82 Å². The average molecular weight is 542 g/mol. The van der Waals surface area contributed by atoms with Crippen molar-refractivity contribution in [1.29, 1.82) is 0 Å². The van der Waals surface area contributed by atoms with Gasteiger partial charge in [0.2, 0.25) is 0 Å². The number of anilines is 3. The van der Waals surface area contributed by atoms with E-state index < -0.39 is 16.4 Å². The second-order valence-corrected chi connectivity index (χ2v) is 12.3. The first-order chi connectivity index (χ1) is 18.0. The fourth-order valence-electron chi connectivity index (χ4n) is 4.91. The van der Waals surface area contributed by atoms with Crippen molar-refractivity contribution in [3.8, 4) is 11.4 Å². The molecule has 9 nitrogen and oxygen atoms in total. The lowest BCUT2D eigenvalue weighted by Gasteiger charge is -2.48. The van der Waals surface area contributed by atoms with Crippen LogP contribution in [0, 0.1) is 5.92 Å². The SMILES string of the molecule is CC(C)c1ccc(N2C[C@H](CS(C)(=O)=O)[C@H]2C)c2cnc(Nc3ccnc(-c4cnn(C(F)F)c4)n3)cc12. The number of aromatic nitrogens is 5. The zero-order valence-corrected chi connectivity index (χ0v) is 22.3. The lowest BCUT2D eigenvalue weighted by molar-refractivity contribution is 0.0566. The van der Waals surface area contributed by atoms with Crippen LogP contribution in [0.3, 0.4) is 0 Å². The van der Waals surface area contributed by atoms with E-state index in [1.165, 1.54) is 18.6 Å². The maximum absolute atomic E-state index is 12.9. The smallest absolute Gasteiger partial charge is 0.333 e. The molecule has 4 aromatic rings. The first-order valence-electron chi connectivity index (χ1n) is 12.3. The summed E-state index contributed by atoms with van der Waals surface area (Å²) in [6.07, 6.45) is 7.15. The number of halogens is 2. The zero-order valence-electron chi connectivity index (χ0n) is 21.5. The minimum absolute atomic E-state index is 0.0958. The van der Waals surface area contributed by atoms with Gasteiger partial charge in [0.05, 0.1) is 17.5 Å². The van der Waals surface area contributed by atoms with E-state index >= 15 is 0 Å². The van der Waals surface area contributed by atoms with Crippen LogP contribution in [0.2, 0.25) is 0 Å². The highest BCUT2D eigenvalue weighted by Gasteiger charge is 2.38. The van der Waals surface area contributed by atoms with Gasteiger partial charge in [-0.25, -0.2) is 28.1 Å². The van der Waals surface area contributed by atoms with Gasteiger partial charge in [-0.05, 0) is 42.0 Å². The van der Waals surface area contributed by atoms with Gasteiger partial charge < -0.3 is 10.2 Å². The number of pyridine rings is 1. The fourth-order valence-corrected chi connectivity index (χ4v) is 6.08. The summed E-state index contributed by atoms with van der Waals surface area (Å²) in [6, 6.07) is 7.96. The molecular formula is C26H29F2N7O2S. The number of hydrogen-bond donors (Lipinski definition) is 1. The quantitative estimate of drug-likeness (QED) is 0.332. The molecule has 0 bridgehead atoms. The summed E-state index contributed by atoms with van der Waals surface area (Å²) in [5.41, 5.74) is 2.57. The number of sulfone groups is 1.